The molecule has 12 aromatic rings. The Morgan fingerprint density at radius 3 is 1.16 bits per heavy atom. The predicted molar refractivity (Wildman–Crippen MR) is 444 cm³/mol. The lowest BCUT2D eigenvalue weighted by Crippen LogP contribution is -2.42. The van der Waals surface area contributed by atoms with Gasteiger partial charge in [-0.25, -0.2) is 39.9 Å². The molecule has 8 heterocycles. The van der Waals surface area contributed by atoms with Crippen LogP contribution in [-0.2, 0) is 19.1 Å². The highest BCUT2D eigenvalue weighted by molar-refractivity contribution is 5.95. The molecule has 0 bridgehead atoms. The van der Waals surface area contributed by atoms with Crippen molar-refractivity contribution in [2.75, 3.05) is 87.5 Å². The van der Waals surface area contributed by atoms with Crippen LogP contribution in [0.3, 0.4) is 0 Å². The van der Waals surface area contributed by atoms with Crippen molar-refractivity contribution >= 4 is 78.8 Å². The number of benzene rings is 8. The first kappa shape index (κ1) is 80.1. The molecule has 4 aliphatic heterocycles. The summed E-state index contributed by atoms with van der Waals surface area (Å²) in [5, 5.41) is 91.5. The normalized spacial score (nSPS) is 19.1. The highest BCUT2D eigenvalue weighted by Crippen LogP contribution is 2.38. The number of fused-ring (bicyclic) bond motifs is 4. The Kier molecular flexibility index (Phi) is 25.1. The summed E-state index contributed by atoms with van der Waals surface area (Å²) in [7, 11) is 1.62. The van der Waals surface area contributed by atoms with E-state index in [2.05, 4.69) is 62.5 Å². The SMILES string of the molecule is CCOC(=O)[C@@H]1CNC[C@H]1Nc1nc(-c2cc(C)ccc2O)nc2ccccc12.CCOC(=O)[C@H]1CNC[C@@H]1Nc1nc(-c2cc(C)ccc2O)nc2ccccc12.COc1ccc2c(N[C@@H]3CN[C@@H](CO)C3)nc(-c3cc(C)ccc3O)nc2c1.Cc1ccc(O)c(-c2nc(N[C@@H]3CN[C@@H](C(C)(C)O)C3)c3ccccc3n2)c1. The summed E-state index contributed by atoms with van der Waals surface area (Å²) in [4.78, 5) is 62.2. The molecule has 4 aliphatic rings. The highest BCUT2D eigenvalue weighted by Gasteiger charge is 2.38. The van der Waals surface area contributed by atoms with E-state index in [0.717, 1.165) is 97.6 Å². The maximum Gasteiger partial charge on any atom is 0.312 e. The van der Waals surface area contributed by atoms with Gasteiger partial charge < -0.3 is 87.4 Å². The van der Waals surface area contributed by atoms with Crippen LogP contribution in [0.4, 0.5) is 23.3 Å². The molecule has 8 aromatic carbocycles. The number of rotatable bonds is 19. The van der Waals surface area contributed by atoms with Gasteiger partial charge in [-0.15, -0.1) is 0 Å². The Bertz CT molecular complexity index is 5290. The molecule has 4 aromatic heterocycles. The van der Waals surface area contributed by atoms with E-state index in [1.165, 1.54) is 0 Å². The number of ether oxygens (including phenoxy) is 3. The number of aromatic nitrogens is 8. The fourth-order valence-corrected chi connectivity index (χ4v) is 14.5. The van der Waals surface area contributed by atoms with E-state index in [9.17, 15) is 40.2 Å². The lowest BCUT2D eigenvalue weighted by molar-refractivity contribution is -0.148. The number of carbonyl (C=O) groups is 2. The van der Waals surface area contributed by atoms with E-state index in [0.29, 0.717) is 108 Å². The van der Waals surface area contributed by atoms with Crippen LogP contribution in [0.1, 0.15) is 62.8 Å². The molecular weight excluding hydrogens is 1450 g/mol. The number of aliphatic hydroxyl groups is 2. The third kappa shape index (κ3) is 18.9. The monoisotopic (exact) mass is 1540 g/mol. The first-order valence-electron chi connectivity index (χ1n) is 38.5. The zero-order valence-corrected chi connectivity index (χ0v) is 65.3. The number of phenols is 4. The summed E-state index contributed by atoms with van der Waals surface area (Å²) < 4.78 is 15.8. The standard InChI is InChI=1S/2C22H24N4O3.C22H26N4O2.C21H24N4O3/c2*1-3-29-22(28)16-11-23-12-18(16)25-20-14-6-4-5-7-17(14)24-21(26-20)15-10-13(2)8-9-19(15)27;1-13-8-9-18(27)16(10-13)21-25-17-7-5-4-6-15(17)20(26-21)24-14-11-19(23-12-14)22(2,3)28;1-12-3-6-19(27)17(7-12)21-24-18-9-15(28-2)4-5-16(18)20(25-21)23-13-8-14(11-26)22-10-13/h2*4-10,16,18,23,27H,3,11-12H2,1-2H3,(H,24,25,26);4-10,14,19,23,27-28H,11-12H2,1-3H3,(H,24,25,26);3-7,9,13-14,22,26-27H,8,10-11H2,1-2H3,(H,23,24,25)/t2*16-,18-;14-,19+;13-,14+/m1000/s1. The fraction of sp³-hybridized carbons (Fsp3) is 0.333. The van der Waals surface area contributed by atoms with Crippen LogP contribution in [-0.4, -0.2) is 191 Å². The van der Waals surface area contributed by atoms with Crippen molar-refractivity contribution in [3.05, 3.63) is 186 Å². The molecule has 114 heavy (non-hydrogen) atoms. The first-order valence-corrected chi connectivity index (χ1v) is 38.5. The van der Waals surface area contributed by atoms with E-state index in [1.54, 1.807) is 45.2 Å². The number of phenolic OH excluding ortho intramolecular Hbond substituents is 4. The number of aliphatic hydroxyl groups excluding tert-OH is 1. The second-order valence-corrected chi connectivity index (χ2v) is 29.7. The number of nitrogens with zero attached hydrogens (tertiary/aromatic N) is 8. The van der Waals surface area contributed by atoms with Gasteiger partial charge in [0.1, 0.15) is 52.0 Å². The van der Waals surface area contributed by atoms with Gasteiger partial charge in [-0.1, -0.05) is 82.9 Å². The number of carbonyl (C=O) groups excluding carboxylic acids is 2. The zero-order valence-electron chi connectivity index (χ0n) is 65.3. The first-order chi connectivity index (χ1) is 55.0. The lowest BCUT2D eigenvalue weighted by Gasteiger charge is -2.25. The number of anilines is 4. The molecule has 0 unspecified atom stereocenters. The Morgan fingerprint density at radius 1 is 0.439 bits per heavy atom. The van der Waals surface area contributed by atoms with E-state index >= 15 is 0 Å². The molecule has 0 radical (unpaired) electrons. The van der Waals surface area contributed by atoms with E-state index in [4.69, 9.17) is 34.1 Å². The number of hydrogen-bond acceptors (Lipinski definition) is 27. The number of esters is 2. The fourth-order valence-electron chi connectivity index (χ4n) is 14.5. The minimum atomic E-state index is -0.775. The predicted octanol–water partition coefficient (Wildman–Crippen LogP) is 11.4. The number of hydrogen-bond donors (Lipinski definition) is 14. The molecule has 27 heteroatoms. The molecule has 0 amide bonds. The maximum atomic E-state index is 12.3. The van der Waals surface area contributed by atoms with E-state index in [1.807, 2.05) is 181 Å². The molecule has 16 rings (SSSR count). The minimum absolute atomic E-state index is 0.0263. The average molecular weight is 1540 g/mol. The van der Waals surface area contributed by atoms with Crippen molar-refractivity contribution in [3.63, 3.8) is 0 Å². The van der Waals surface area contributed by atoms with Crippen LogP contribution < -0.4 is 47.3 Å². The summed E-state index contributed by atoms with van der Waals surface area (Å²) in [6.07, 6.45) is 1.61. The second kappa shape index (κ2) is 35.8. The number of methoxy groups -OCH3 is 1. The Hall–Kier alpha value is -12.0. The molecule has 14 N–H and O–H groups in total. The van der Waals surface area contributed by atoms with Crippen molar-refractivity contribution in [2.45, 2.75) is 110 Å². The summed E-state index contributed by atoms with van der Waals surface area (Å²) in [5.41, 5.74) is 8.72. The quantitative estimate of drug-likeness (QED) is 0.0334. The van der Waals surface area contributed by atoms with Crippen molar-refractivity contribution in [1.29, 1.82) is 0 Å². The molecule has 592 valence electrons. The van der Waals surface area contributed by atoms with Crippen molar-refractivity contribution in [2.24, 2.45) is 11.8 Å². The number of para-hydroxylation sites is 3. The summed E-state index contributed by atoms with van der Waals surface area (Å²) in [6, 6.07) is 50.5. The third-order valence-corrected chi connectivity index (χ3v) is 20.6. The molecule has 0 spiro atoms. The van der Waals surface area contributed by atoms with Gasteiger partial charge in [0.15, 0.2) is 23.3 Å². The summed E-state index contributed by atoms with van der Waals surface area (Å²) >= 11 is 0. The summed E-state index contributed by atoms with van der Waals surface area (Å²) in [6.45, 7) is 19.8. The Balaban J connectivity index is 0.000000133. The zero-order chi connectivity index (χ0) is 80.3. The minimum Gasteiger partial charge on any atom is -0.507 e. The van der Waals surface area contributed by atoms with Gasteiger partial charge in [0.25, 0.3) is 0 Å². The smallest absolute Gasteiger partial charge is 0.312 e. The van der Waals surface area contributed by atoms with Gasteiger partial charge in [-0.05, 0) is 165 Å². The van der Waals surface area contributed by atoms with Gasteiger partial charge in [-0.2, -0.15) is 0 Å². The number of aryl methyl sites for hydroxylation is 4. The van der Waals surface area contributed by atoms with Gasteiger partial charge in [-0.3, -0.25) is 9.59 Å². The van der Waals surface area contributed by atoms with E-state index < -0.39 is 5.60 Å². The topological polar surface area (TPSA) is 383 Å². The molecule has 4 saturated heterocycles. The van der Waals surface area contributed by atoms with Crippen LogP contribution in [0, 0.1) is 39.5 Å². The molecule has 8 atom stereocenters. The Morgan fingerprint density at radius 2 is 0.798 bits per heavy atom. The highest BCUT2D eigenvalue weighted by atomic mass is 16.5. The van der Waals surface area contributed by atoms with Crippen molar-refractivity contribution in [1.82, 2.24) is 61.1 Å². The third-order valence-electron chi connectivity index (χ3n) is 20.6. The van der Waals surface area contributed by atoms with Crippen molar-refractivity contribution < 1.29 is 54.4 Å². The van der Waals surface area contributed by atoms with Gasteiger partial charge in [0, 0.05) is 91.0 Å². The number of aromatic hydroxyl groups is 4. The molecule has 0 saturated carbocycles. The van der Waals surface area contributed by atoms with Gasteiger partial charge in [0.2, 0.25) is 0 Å². The molecule has 4 fully saturated rings. The largest absolute Gasteiger partial charge is 0.507 e. The Labute approximate surface area is 660 Å². The van der Waals surface area contributed by atoms with Crippen LogP contribution >= 0.6 is 0 Å². The summed E-state index contributed by atoms with van der Waals surface area (Å²) in [5.74, 6) is 4.78. The van der Waals surface area contributed by atoms with Crippen LogP contribution in [0.2, 0.25) is 0 Å². The van der Waals surface area contributed by atoms with Crippen molar-refractivity contribution in [3.8, 4) is 74.3 Å². The molecule has 27 nitrogen and oxygen atoms in total. The average Bonchev–Trinajstić information content (AvgIpc) is 1.17. The molecule has 0 aliphatic carbocycles. The second-order valence-electron chi connectivity index (χ2n) is 29.7. The van der Waals surface area contributed by atoms with Crippen LogP contribution in [0.25, 0.3) is 89.2 Å². The number of nitrogens with one attached hydrogen (secondary N) is 8. The van der Waals surface area contributed by atoms with Crippen LogP contribution in [0.15, 0.2) is 164 Å². The van der Waals surface area contributed by atoms with Gasteiger partial charge >= 0.3 is 11.9 Å². The van der Waals surface area contributed by atoms with Crippen LogP contribution in [0.5, 0.6) is 28.7 Å². The molecular formula is C87H98N16O11. The maximum absolute atomic E-state index is 12.3. The van der Waals surface area contributed by atoms with Gasteiger partial charge in [0.05, 0.1) is 101 Å². The lowest BCUT2D eigenvalue weighted by atomic mass is 9.96. The van der Waals surface area contributed by atoms with E-state index in [-0.39, 0.29) is 89.6 Å².